The molecular weight excluding hydrogens is 190 g/mol. The first kappa shape index (κ1) is 12.5. The zero-order valence-electron chi connectivity index (χ0n) is 8.14. The van der Waals surface area contributed by atoms with Crippen molar-refractivity contribution in [1.82, 2.24) is 16.0 Å². The first-order chi connectivity index (χ1) is 5.66. The van der Waals surface area contributed by atoms with E-state index in [1.165, 1.54) is 0 Å². The molecule has 1 rings (SSSR count). The molecular formula is C8H18ClN3O. The summed E-state index contributed by atoms with van der Waals surface area (Å²) in [7, 11) is 1.64. The number of nitrogens with one attached hydrogen (secondary N) is 3. The van der Waals surface area contributed by atoms with Crippen LogP contribution in [-0.2, 0) is 0 Å². The summed E-state index contributed by atoms with van der Waals surface area (Å²) in [6, 6.07) is -0.0839. The van der Waals surface area contributed by atoms with Gasteiger partial charge in [-0.2, -0.15) is 0 Å². The smallest absolute Gasteiger partial charge is 0.314 e. The van der Waals surface area contributed by atoms with Gasteiger partial charge in [0.25, 0.3) is 0 Å². The Morgan fingerprint density at radius 2 is 1.92 bits per heavy atom. The zero-order chi connectivity index (χ0) is 9.03. The van der Waals surface area contributed by atoms with Crippen molar-refractivity contribution in [1.29, 1.82) is 0 Å². The Hall–Kier alpha value is -0.480. The average molecular weight is 208 g/mol. The fourth-order valence-electron chi connectivity index (χ4n) is 1.44. The molecule has 0 saturated carbocycles. The number of carbonyl (C=O) groups excluding carboxylic acids is 1. The molecule has 0 unspecified atom stereocenters. The van der Waals surface area contributed by atoms with Crippen molar-refractivity contribution in [2.24, 2.45) is 0 Å². The Balaban J connectivity index is 0.00000144. The number of amides is 2. The normalized spacial score (nSPS) is 19.8. The second kappa shape index (κ2) is 5.29. The lowest BCUT2D eigenvalue weighted by Crippen LogP contribution is -2.54. The van der Waals surface area contributed by atoms with E-state index in [4.69, 9.17) is 0 Å². The van der Waals surface area contributed by atoms with Crippen LogP contribution in [0.2, 0.25) is 0 Å². The molecule has 5 heteroatoms. The quantitative estimate of drug-likeness (QED) is 0.586. The zero-order valence-corrected chi connectivity index (χ0v) is 8.96. The highest BCUT2D eigenvalue weighted by molar-refractivity contribution is 5.85. The van der Waals surface area contributed by atoms with Gasteiger partial charge < -0.3 is 16.0 Å². The third-order valence-corrected chi connectivity index (χ3v) is 2.35. The molecule has 0 atom stereocenters. The highest BCUT2D eigenvalue weighted by Crippen LogP contribution is 2.16. The molecule has 0 aromatic carbocycles. The monoisotopic (exact) mass is 207 g/mol. The van der Waals surface area contributed by atoms with Crippen molar-refractivity contribution in [3.63, 3.8) is 0 Å². The van der Waals surface area contributed by atoms with Crippen LogP contribution in [0.25, 0.3) is 0 Å². The fraction of sp³-hybridized carbons (Fsp3) is 0.875. The highest BCUT2D eigenvalue weighted by Gasteiger charge is 2.27. The highest BCUT2D eigenvalue weighted by atomic mass is 35.5. The Morgan fingerprint density at radius 1 is 1.38 bits per heavy atom. The van der Waals surface area contributed by atoms with E-state index in [1.54, 1.807) is 7.05 Å². The minimum Gasteiger partial charge on any atom is -0.341 e. The molecule has 0 spiro atoms. The SMILES string of the molecule is CNC(=O)NC1(C)CCNCC1.Cl. The molecule has 0 bridgehead atoms. The van der Waals surface area contributed by atoms with Crippen LogP contribution in [0, 0.1) is 0 Å². The van der Waals surface area contributed by atoms with E-state index in [-0.39, 0.29) is 24.0 Å². The van der Waals surface area contributed by atoms with Crippen molar-refractivity contribution in [3.8, 4) is 0 Å². The van der Waals surface area contributed by atoms with E-state index >= 15 is 0 Å². The summed E-state index contributed by atoms with van der Waals surface area (Å²) in [5.41, 5.74) is -0.0225. The number of rotatable bonds is 1. The van der Waals surface area contributed by atoms with Gasteiger partial charge in [-0.15, -0.1) is 12.4 Å². The molecule has 1 aliphatic heterocycles. The molecule has 1 fully saturated rings. The third-order valence-electron chi connectivity index (χ3n) is 2.35. The molecule has 0 aromatic heterocycles. The van der Waals surface area contributed by atoms with Crippen molar-refractivity contribution in [3.05, 3.63) is 0 Å². The van der Waals surface area contributed by atoms with E-state index in [0.717, 1.165) is 25.9 Å². The Morgan fingerprint density at radius 3 is 2.38 bits per heavy atom. The summed E-state index contributed by atoms with van der Waals surface area (Å²) < 4.78 is 0. The first-order valence-corrected chi connectivity index (χ1v) is 4.37. The van der Waals surface area contributed by atoms with Crippen LogP contribution >= 0.6 is 12.4 Å². The number of hydrogen-bond acceptors (Lipinski definition) is 2. The molecule has 0 aliphatic carbocycles. The van der Waals surface area contributed by atoms with Crippen LogP contribution in [-0.4, -0.2) is 31.7 Å². The predicted octanol–water partition coefficient (Wildman–Crippen LogP) is 0.479. The van der Waals surface area contributed by atoms with Gasteiger partial charge in [0.1, 0.15) is 0 Å². The van der Waals surface area contributed by atoms with Gasteiger partial charge in [0.05, 0.1) is 0 Å². The molecule has 1 heterocycles. The number of hydrogen-bond donors (Lipinski definition) is 3. The van der Waals surface area contributed by atoms with Crippen molar-refractivity contribution in [2.45, 2.75) is 25.3 Å². The maximum absolute atomic E-state index is 11.0. The summed E-state index contributed by atoms with van der Waals surface area (Å²) >= 11 is 0. The van der Waals surface area contributed by atoms with Gasteiger partial charge in [0.2, 0.25) is 0 Å². The molecule has 4 nitrogen and oxygen atoms in total. The second-order valence-corrected chi connectivity index (χ2v) is 3.51. The Labute approximate surface area is 85.3 Å². The van der Waals surface area contributed by atoms with Crippen LogP contribution < -0.4 is 16.0 Å². The second-order valence-electron chi connectivity index (χ2n) is 3.51. The maximum atomic E-state index is 11.0. The average Bonchev–Trinajstić information content (AvgIpc) is 2.05. The molecule has 0 aromatic rings. The third kappa shape index (κ3) is 3.83. The molecule has 13 heavy (non-hydrogen) atoms. The molecule has 1 aliphatic rings. The first-order valence-electron chi connectivity index (χ1n) is 4.37. The fourth-order valence-corrected chi connectivity index (χ4v) is 1.44. The largest absolute Gasteiger partial charge is 0.341 e. The van der Waals surface area contributed by atoms with Gasteiger partial charge >= 0.3 is 6.03 Å². The minimum absolute atomic E-state index is 0. The van der Waals surface area contributed by atoms with Crippen LogP contribution in [0.4, 0.5) is 4.79 Å². The Kier molecular flexibility index (Phi) is 5.10. The van der Waals surface area contributed by atoms with Gasteiger partial charge in [-0.25, -0.2) is 4.79 Å². The summed E-state index contributed by atoms with van der Waals surface area (Å²) in [5, 5.41) is 8.78. The van der Waals surface area contributed by atoms with E-state index in [2.05, 4.69) is 22.9 Å². The van der Waals surface area contributed by atoms with E-state index in [9.17, 15) is 4.79 Å². The van der Waals surface area contributed by atoms with Crippen molar-refractivity contribution in [2.75, 3.05) is 20.1 Å². The van der Waals surface area contributed by atoms with Gasteiger partial charge in [-0.1, -0.05) is 0 Å². The van der Waals surface area contributed by atoms with Crippen molar-refractivity contribution < 1.29 is 4.79 Å². The maximum Gasteiger partial charge on any atom is 0.314 e. The number of piperidine rings is 1. The molecule has 3 N–H and O–H groups in total. The van der Waals surface area contributed by atoms with E-state index in [1.807, 2.05) is 0 Å². The van der Waals surface area contributed by atoms with Gasteiger partial charge in [-0.3, -0.25) is 0 Å². The number of halogens is 1. The minimum atomic E-state index is -0.0839. The summed E-state index contributed by atoms with van der Waals surface area (Å²) in [6.07, 6.45) is 2.00. The van der Waals surface area contributed by atoms with Gasteiger partial charge in [0, 0.05) is 12.6 Å². The van der Waals surface area contributed by atoms with E-state index in [0.29, 0.717) is 0 Å². The molecule has 0 radical (unpaired) electrons. The molecule has 78 valence electrons. The van der Waals surface area contributed by atoms with Crippen molar-refractivity contribution >= 4 is 18.4 Å². The molecule has 2 amide bonds. The summed E-state index contributed by atoms with van der Waals surface area (Å²) in [4.78, 5) is 11.0. The lowest BCUT2D eigenvalue weighted by Gasteiger charge is -2.34. The lowest BCUT2D eigenvalue weighted by atomic mass is 9.91. The lowest BCUT2D eigenvalue weighted by molar-refractivity contribution is 0.216. The van der Waals surface area contributed by atoms with Crippen LogP contribution in [0.5, 0.6) is 0 Å². The van der Waals surface area contributed by atoms with Crippen LogP contribution in [0.1, 0.15) is 19.8 Å². The summed E-state index contributed by atoms with van der Waals surface area (Å²) in [6.45, 7) is 4.06. The molecule has 1 saturated heterocycles. The number of urea groups is 1. The van der Waals surface area contributed by atoms with Crippen LogP contribution in [0.15, 0.2) is 0 Å². The topological polar surface area (TPSA) is 53.2 Å². The predicted molar refractivity (Wildman–Crippen MR) is 55.3 cm³/mol. The van der Waals surface area contributed by atoms with Gasteiger partial charge in [0.15, 0.2) is 0 Å². The van der Waals surface area contributed by atoms with Gasteiger partial charge in [-0.05, 0) is 32.9 Å². The standard InChI is InChI=1S/C8H17N3O.ClH/c1-8(11-7(12)9-2)3-5-10-6-4-8;/h10H,3-6H2,1-2H3,(H2,9,11,12);1H. The number of carbonyl (C=O) groups is 1. The summed E-state index contributed by atoms with van der Waals surface area (Å²) in [5.74, 6) is 0. The van der Waals surface area contributed by atoms with Crippen LogP contribution in [0.3, 0.4) is 0 Å². The Bertz CT molecular complexity index is 169. The van der Waals surface area contributed by atoms with E-state index < -0.39 is 0 Å².